The molecule has 0 saturated carbocycles. The van der Waals surface area contributed by atoms with Gasteiger partial charge in [0, 0.05) is 12.8 Å². The van der Waals surface area contributed by atoms with Crippen molar-refractivity contribution in [1.29, 1.82) is 0 Å². The number of allylic oxidation sites excluding steroid dienone is 8. The van der Waals surface area contributed by atoms with Crippen LogP contribution >= 0.6 is 7.82 Å². The summed E-state index contributed by atoms with van der Waals surface area (Å²) in [7, 11) is -4.65. The highest BCUT2D eigenvalue weighted by atomic mass is 31.2. The van der Waals surface area contributed by atoms with Crippen LogP contribution in [0.4, 0.5) is 0 Å². The summed E-state index contributed by atoms with van der Waals surface area (Å²) in [6.07, 6.45) is 63.8. The van der Waals surface area contributed by atoms with Crippen LogP contribution in [0.2, 0.25) is 0 Å². The van der Waals surface area contributed by atoms with Gasteiger partial charge in [-0.1, -0.05) is 262 Å². The summed E-state index contributed by atoms with van der Waals surface area (Å²) in [6, 6.07) is 0. The van der Waals surface area contributed by atoms with Gasteiger partial charge >= 0.3 is 19.8 Å². The van der Waals surface area contributed by atoms with E-state index in [-0.39, 0.29) is 12.8 Å². The number of unbranched alkanes of at least 4 members (excludes halogenated alkanes) is 33. The third-order valence-electron chi connectivity index (χ3n) is 12.8. The first-order valence-electron chi connectivity index (χ1n) is 29.1. The number of hydrogen-bond donors (Lipinski definition) is 3. The van der Waals surface area contributed by atoms with E-state index in [1.807, 2.05) is 0 Å². The predicted octanol–water partition coefficient (Wildman–Crippen LogP) is 17.2. The van der Waals surface area contributed by atoms with Crippen molar-refractivity contribution in [3.8, 4) is 0 Å². The van der Waals surface area contributed by atoms with E-state index in [0.29, 0.717) is 12.8 Å². The van der Waals surface area contributed by atoms with E-state index in [1.54, 1.807) is 0 Å². The lowest BCUT2D eigenvalue weighted by atomic mass is 10.0. The molecule has 70 heavy (non-hydrogen) atoms. The van der Waals surface area contributed by atoms with Crippen molar-refractivity contribution >= 4 is 19.8 Å². The molecule has 0 fully saturated rings. The second kappa shape index (κ2) is 54.7. The monoisotopic (exact) mass is 1010 g/mol. The molecule has 0 aliphatic heterocycles. The molecule has 0 amide bonds. The summed E-state index contributed by atoms with van der Waals surface area (Å²) in [6.45, 7) is 2.15. The van der Waals surface area contributed by atoms with Crippen molar-refractivity contribution in [1.82, 2.24) is 0 Å². The lowest BCUT2D eigenvalue weighted by molar-refractivity contribution is -0.153. The van der Waals surface area contributed by atoms with Gasteiger partial charge in [0.05, 0.1) is 26.4 Å². The minimum absolute atomic E-state index is 0.187. The third-order valence-corrected chi connectivity index (χ3v) is 13.8. The van der Waals surface area contributed by atoms with Gasteiger partial charge in [-0.3, -0.25) is 18.6 Å². The number of hydrogen-bond acceptors (Lipinski definition) is 9. The maximum absolute atomic E-state index is 12.5. The number of rotatable bonds is 55. The van der Waals surface area contributed by atoms with E-state index in [1.165, 1.54) is 167 Å². The molecule has 10 nitrogen and oxygen atoms in total. The number of phosphoric acid groups is 1. The van der Waals surface area contributed by atoms with E-state index in [4.69, 9.17) is 18.5 Å². The Morgan fingerprint density at radius 3 is 0.971 bits per heavy atom. The van der Waals surface area contributed by atoms with Gasteiger partial charge in [0.25, 0.3) is 0 Å². The van der Waals surface area contributed by atoms with Gasteiger partial charge in [0.15, 0.2) is 0 Å². The van der Waals surface area contributed by atoms with E-state index in [0.717, 1.165) is 70.6 Å². The van der Waals surface area contributed by atoms with Crippen molar-refractivity contribution in [2.75, 3.05) is 26.4 Å². The molecule has 410 valence electrons. The van der Waals surface area contributed by atoms with Crippen molar-refractivity contribution < 1.29 is 47.8 Å². The molecule has 0 aromatic heterocycles. The highest BCUT2D eigenvalue weighted by molar-refractivity contribution is 7.47. The molecule has 0 spiro atoms. The molecule has 0 rings (SSSR count). The van der Waals surface area contributed by atoms with Crippen LogP contribution in [-0.4, -0.2) is 65.7 Å². The second-order valence-electron chi connectivity index (χ2n) is 19.6. The zero-order chi connectivity index (χ0) is 51.1. The standard InChI is InChI=1S/C59H109O10P/c1-3-5-7-9-11-13-15-17-19-21-23-25-27-29-31-33-35-37-39-41-43-45-47-49-51-59(63)69-57(53-61)55-67-70(64,65)66-54-56(52-60)68-58(62)50-48-46-44-42-40-38-36-34-32-30-28-26-24-22-20-18-16-14-12-10-8-6-4-2/h6,8,12,14,18,20,24,26,56-57,60-61H,3-5,7,9-11,13,15-17,19,21-23,25,27-55H2,1-2H3,(H,64,65)/b8-6-,14-12-,20-18-,26-24-. The van der Waals surface area contributed by atoms with Crippen LogP contribution in [-0.2, 0) is 32.7 Å². The largest absolute Gasteiger partial charge is 0.472 e. The highest BCUT2D eigenvalue weighted by Crippen LogP contribution is 2.43. The number of carbonyl (C=O) groups excluding carboxylic acids is 2. The Kier molecular flexibility index (Phi) is 53.1. The molecular weight excluding hydrogens is 900 g/mol. The van der Waals surface area contributed by atoms with Crippen LogP contribution in [0.5, 0.6) is 0 Å². The number of carbonyl (C=O) groups is 2. The predicted molar refractivity (Wildman–Crippen MR) is 293 cm³/mol. The lowest BCUT2D eigenvalue weighted by Crippen LogP contribution is -2.28. The Hall–Kier alpha value is -2.07. The summed E-state index contributed by atoms with van der Waals surface area (Å²) in [5.74, 6) is -1.01. The molecule has 3 atom stereocenters. The molecule has 0 aromatic carbocycles. The van der Waals surface area contributed by atoms with E-state index in [9.17, 15) is 29.3 Å². The van der Waals surface area contributed by atoms with E-state index < -0.39 is 58.4 Å². The summed E-state index contributed by atoms with van der Waals surface area (Å²) < 4.78 is 32.8. The zero-order valence-corrected chi connectivity index (χ0v) is 46.1. The Labute approximate surface area is 430 Å². The van der Waals surface area contributed by atoms with Gasteiger partial charge in [-0.25, -0.2) is 4.57 Å². The number of aliphatic hydroxyl groups is 2. The summed E-state index contributed by atoms with van der Waals surface area (Å²) in [5.41, 5.74) is 0. The average Bonchev–Trinajstić information content (AvgIpc) is 3.35. The first kappa shape index (κ1) is 67.9. The first-order chi connectivity index (χ1) is 34.3. The van der Waals surface area contributed by atoms with Crippen LogP contribution in [0, 0.1) is 0 Å². The van der Waals surface area contributed by atoms with Gasteiger partial charge in [-0.05, 0) is 51.4 Å². The molecule has 0 aliphatic rings. The minimum atomic E-state index is -4.65. The zero-order valence-electron chi connectivity index (χ0n) is 45.2. The van der Waals surface area contributed by atoms with Crippen molar-refractivity contribution in [3.63, 3.8) is 0 Å². The smallest absolute Gasteiger partial charge is 0.457 e. The fourth-order valence-corrected chi connectivity index (χ4v) is 9.19. The molecule has 0 radical (unpaired) electrons. The molecule has 3 N–H and O–H groups in total. The number of phosphoric ester groups is 1. The lowest BCUT2D eigenvalue weighted by Gasteiger charge is -2.20. The van der Waals surface area contributed by atoms with Crippen molar-refractivity contribution in [3.05, 3.63) is 48.6 Å². The normalized spacial score (nSPS) is 13.8. The Balaban J connectivity index is 3.76. The summed E-state index contributed by atoms with van der Waals surface area (Å²) in [5, 5.41) is 19.3. The summed E-state index contributed by atoms with van der Waals surface area (Å²) in [4.78, 5) is 34.8. The third kappa shape index (κ3) is 52.3. The molecule has 0 saturated heterocycles. The molecule has 3 unspecified atom stereocenters. The number of ether oxygens (including phenoxy) is 2. The fraction of sp³-hybridized carbons (Fsp3) is 0.831. The Morgan fingerprint density at radius 2 is 0.671 bits per heavy atom. The van der Waals surface area contributed by atoms with Gasteiger partial charge < -0.3 is 24.6 Å². The molecular formula is C59H109O10P. The van der Waals surface area contributed by atoms with Crippen LogP contribution in [0.1, 0.15) is 277 Å². The molecule has 11 heteroatoms. The minimum Gasteiger partial charge on any atom is -0.457 e. The van der Waals surface area contributed by atoms with Gasteiger partial charge in [0.2, 0.25) is 0 Å². The van der Waals surface area contributed by atoms with Gasteiger partial charge in [0.1, 0.15) is 12.2 Å². The van der Waals surface area contributed by atoms with Crippen molar-refractivity contribution in [2.24, 2.45) is 0 Å². The molecule has 0 aliphatic carbocycles. The Morgan fingerprint density at radius 1 is 0.400 bits per heavy atom. The van der Waals surface area contributed by atoms with Crippen LogP contribution in [0.15, 0.2) is 48.6 Å². The SMILES string of the molecule is CC/C=C\C/C=C\C/C=C\C/C=C\CCCCCCCCCCCCC(=O)OC(CO)COP(=O)(O)OCC(CO)OC(=O)CCCCCCCCCCCCCCCCCCCCCCCCCC. The highest BCUT2D eigenvalue weighted by Gasteiger charge is 2.27. The maximum Gasteiger partial charge on any atom is 0.472 e. The van der Waals surface area contributed by atoms with Crippen LogP contribution < -0.4 is 0 Å². The van der Waals surface area contributed by atoms with E-state index in [2.05, 4.69) is 62.5 Å². The van der Waals surface area contributed by atoms with Crippen LogP contribution in [0.25, 0.3) is 0 Å². The topological polar surface area (TPSA) is 149 Å². The van der Waals surface area contributed by atoms with E-state index >= 15 is 0 Å². The quantitative estimate of drug-likeness (QED) is 0.0233. The van der Waals surface area contributed by atoms with Crippen LogP contribution in [0.3, 0.4) is 0 Å². The first-order valence-corrected chi connectivity index (χ1v) is 30.6. The van der Waals surface area contributed by atoms with Crippen molar-refractivity contribution in [2.45, 2.75) is 289 Å². The number of esters is 2. The molecule has 0 heterocycles. The number of aliphatic hydroxyl groups excluding tert-OH is 2. The van der Waals surface area contributed by atoms with Gasteiger partial charge in [-0.15, -0.1) is 0 Å². The average molecular weight is 1010 g/mol. The fourth-order valence-electron chi connectivity index (χ4n) is 8.40. The summed E-state index contributed by atoms with van der Waals surface area (Å²) >= 11 is 0. The second-order valence-corrected chi connectivity index (χ2v) is 21.1. The Bertz CT molecular complexity index is 1300. The van der Waals surface area contributed by atoms with Gasteiger partial charge in [-0.2, -0.15) is 0 Å². The molecule has 0 aromatic rings. The molecule has 0 bridgehead atoms. The maximum atomic E-state index is 12.5.